The Kier molecular flexibility index (Phi) is 2.73. The van der Waals surface area contributed by atoms with Gasteiger partial charge in [-0.15, -0.1) is 0 Å². The van der Waals surface area contributed by atoms with Gasteiger partial charge in [0.25, 0.3) is 0 Å². The molecule has 0 bridgehead atoms. The molecule has 0 heterocycles. The molecular formula is C14H12FN. The third-order valence-electron chi connectivity index (χ3n) is 2.46. The van der Waals surface area contributed by atoms with Gasteiger partial charge in [-0.25, -0.2) is 4.39 Å². The normalized spacial score (nSPS) is 10.1. The molecule has 1 nitrogen and oxygen atoms in total. The van der Waals surface area contributed by atoms with E-state index in [4.69, 9.17) is 5.73 Å². The number of nitrogen functional groups attached to an aromatic ring is 1. The predicted molar refractivity (Wildman–Crippen MR) is 65.4 cm³/mol. The van der Waals surface area contributed by atoms with Crippen molar-refractivity contribution < 1.29 is 4.39 Å². The molecule has 0 fully saturated rings. The van der Waals surface area contributed by atoms with E-state index in [-0.39, 0.29) is 5.82 Å². The third-order valence-corrected chi connectivity index (χ3v) is 2.46. The van der Waals surface area contributed by atoms with E-state index in [1.54, 1.807) is 6.07 Å². The fourth-order valence-corrected chi connectivity index (χ4v) is 1.58. The maximum Gasteiger partial charge on any atom is 0.123 e. The van der Waals surface area contributed by atoms with Gasteiger partial charge in [0.1, 0.15) is 5.82 Å². The number of hydrogen-bond donors (Lipinski definition) is 1. The van der Waals surface area contributed by atoms with E-state index in [0.717, 1.165) is 11.1 Å². The number of anilines is 1. The van der Waals surface area contributed by atoms with Crippen LogP contribution in [0.25, 0.3) is 5.57 Å². The summed E-state index contributed by atoms with van der Waals surface area (Å²) in [5.74, 6) is -0.304. The Balaban J connectivity index is 2.46. The lowest BCUT2D eigenvalue weighted by atomic mass is 9.98. The molecule has 16 heavy (non-hydrogen) atoms. The summed E-state index contributed by atoms with van der Waals surface area (Å²) in [7, 11) is 0. The van der Waals surface area contributed by atoms with E-state index < -0.39 is 0 Å². The van der Waals surface area contributed by atoms with Crippen molar-refractivity contribution in [3.05, 3.63) is 72.1 Å². The summed E-state index contributed by atoms with van der Waals surface area (Å²) in [5, 5.41) is 0. The van der Waals surface area contributed by atoms with Crippen LogP contribution in [0.4, 0.5) is 10.1 Å². The van der Waals surface area contributed by atoms with Crippen LogP contribution < -0.4 is 5.73 Å². The van der Waals surface area contributed by atoms with Crippen LogP contribution in [0.3, 0.4) is 0 Å². The molecular weight excluding hydrogens is 201 g/mol. The highest BCUT2D eigenvalue weighted by Crippen LogP contribution is 2.26. The Morgan fingerprint density at radius 3 is 2.44 bits per heavy atom. The van der Waals surface area contributed by atoms with Gasteiger partial charge in [0, 0.05) is 11.3 Å². The molecule has 0 unspecified atom stereocenters. The van der Waals surface area contributed by atoms with Gasteiger partial charge in [-0.3, -0.25) is 0 Å². The molecule has 0 amide bonds. The minimum Gasteiger partial charge on any atom is -0.398 e. The number of benzene rings is 2. The van der Waals surface area contributed by atoms with Gasteiger partial charge in [-0.1, -0.05) is 36.9 Å². The van der Waals surface area contributed by atoms with Crippen molar-refractivity contribution in [2.75, 3.05) is 5.73 Å². The number of hydrogen-bond acceptors (Lipinski definition) is 1. The van der Waals surface area contributed by atoms with E-state index in [1.807, 2.05) is 30.3 Å². The SMILES string of the molecule is C=C(c1ccccc1)c1cc(F)ccc1N. The van der Waals surface area contributed by atoms with E-state index in [2.05, 4.69) is 6.58 Å². The van der Waals surface area contributed by atoms with Crippen molar-refractivity contribution >= 4 is 11.3 Å². The first-order valence-corrected chi connectivity index (χ1v) is 4.98. The predicted octanol–water partition coefficient (Wildman–Crippen LogP) is 3.47. The topological polar surface area (TPSA) is 26.0 Å². The van der Waals surface area contributed by atoms with Crippen LogP contribution in [0.1, 0.15) is 11.1 Å². The lowest BCUT2D eigenvalue weighted by molar-refractivity contribution is 0.627. The zero-order valence-electron chi connectivity index (χ0n) is 8.78. The number of rotatable bonds is 2. The van der Waals surface area contributed by atoms with Crippen LogP contribution in [-0.4, -0.2) is 0 Å². The first-order valence-electron chi connectivity index (χ1n) is 4.98. The summed E-state index contributed by atoms with van der Waals surface area (Å²) < 4.78 is 13.1. The minimum absolute atomic E-state index is 0.304. The molecule has 2 N–H and O–H groups in total. The highest BCUT2D eigenvalue weighted by atomic mass is 19.1. The van der Waals surface area contributed by atoms with Crippen LogP contribution in [0.2, 0.25) is 0 Å². The Morgan fingerprint density at radius 2 is 1.75 bits per heavy atom. The molecule has 0 aliphatic rings. The van der Waals surface area contributed by atoms with Crippen molar-refractivity contribution in [1.82, 2.24) is 0 Å². The Labute approximate surface area is 94.0 Å². The molecule has 2 aromatic rings. The van der Waals surface area contributed by atoms with Crippen LogP contribution >= 0.6 is 0 Å². The monoisotopic (exact) mass is 213 g/mol. The summed E-state index contributed by atoms with van der Waals surface area (Å²) in [6.07, 6.45) is 0. The molecule has 2 aromatic carbocycles. The van der Waals surface area contributed by atoms with Gasteiger partial charge in [0.05, 0.1) is 0 Å². The van der Waals surface area contributed by atoms with Crippen molar-refractivity contribution in [2.45, 2.75) is 0 Å². The molecule has 0 atom stereocenters. The fraction of sp³-hybridized carbons (Fsp3) is 0. The van der Waals surface area contributed by atoms with E-state index in [9.17, 15) is 4.39 Å². The molecule has 80 valence electrons. The lowest BCUT2D eigenvalue weighted by Crippen LogP contribution is -1.95. The summed E-state index contributed by atoms with van der Waals surface area (Å²) in [5.41, 5.74) is 8.66. The molecule has 0 aliphatic carbocycles. The van der Waals surface area contributed by atoms with Crippen molar-refractivity contribution in [1.29, 1.82) is 0 Å². The average molecular weight is 213 g/mol. The van der Waals surface area contributed by atoms with Crippen LogP contribution in [0.5, 0.6) is 0 Å². The molecule has 0 radical (unpaired) electrons. The number of halogens is 1. The van der Waals surface area contributed by atoms with E-state index in [0.29, 0.717) is 11.3 Å². The second kappa shape index (κ2) is 4.19. The Bertz CT molecular complexity index is 518. The van der Waals surface area contributed by atoms with Gasteiger partial charge >= 0.3 is 0 Å². The molecule has 0 saturated carbocycles. The maximum atomic E-state index is 13.1. The second-order valence-electron chi connectivity index (χ2n) is 3.58. The standard InChI is InChI=1S/C14H12FN/c1-10(11-5-3-2-4-6-11)13-9-12(15)7-8-14(13)16/h2-9H,1,16H2. The van der Waals surface area contributed by atoms with Crippen molar-refractivity contribution in [3.63, 3.8) is 0 Å². The molecule has 2 rings (SSSR count). The summed E-state index contributed by atoms with van der Waals surface area (Å²) >= 11 is 0. The Hall–Kier alpha value is -2.09. The van der Waals surface area contributed by atoms with Crippen molar-refractivity contribution in [2.24, 2.45) is 0 Å². The maximum absolute atomic E-state index is 13.1. The molecule has 2 heteroatoms. The average Bonchev–Trinajstić information content (AvgIpc) is 2.32. The van der Waals surface area contributed by atoms with Crippen LogP contribution in [-0.2, 0) is 0 Å². The molecule has 0 saturated heterocycles. The number of nitrogens with two attached hydrogens (primary N) is 1. The smallest absolute Gasteiger partial charge is 0.123 e. The van der Waals surface area contributed by atoms with Gasteiger partial charge in [0.2, 0.25) is 0 Å². The van der Waals surface area contributed by atoms with E-state index >= 15 is 0 Å². The van der Waals surface area contributed by atoms with Gasteiger partial charge < -0.3 is 5.73 Å². The zero-order valence-corrected chi connectivity index (χ0v) is 8.78. The first kappa shape index (κ1) is 10.4. The Morgan fingerprint density at radius 1 is 1.06 bits per heavy atom. The van der Waals surface area contributed by atoms with Crippen LogP contribution in [0, 0.1) is 5.82 Å². The third kappa shape index (κ3) is 1.96. The largest absolute Gasteiger partial charge is 0.398 e. The molecule has 0 aromatic heterocycles. The zero-order chi connectivity index (χ0) is 11.5. The summed E-state index contributed by atoms with van der Waals surface area (Å²) in [6, 6.07) is 13.9. The van der Waals surface area contributed by atoms with Gasteiger partial charge in [-0.2, -0.15) is 0 Å². The highest BCUT2D eigenvalue weighted by Gasteiger charge is 2.06. The summed E-state index contributed by atoms with van der Waals surface area (Å²) in [6.45, 7) is 3.95. The highest BCUT2D eigenvalue weighted by molar-refractivity contribution is 5.83. The van der Waals surface area contributed by atoms with Crippen molar-refractivity contribution in [3.8, 4) is 0 Å². The first-order chi connectivity index (χ1) is 7.68. The molecule has 0 aliphatic heterocycles. The second-order valence-corrected chi connectivity index (χ2v) is 3.58. The van der Waals surface area contributed by atoms with E-state index in [1.165, 1.54) is 12.1 Å². The van der Waals surface area contributed by atoms with Gasteiger partial charge in [0.15, 0.2) is 0 Å². The minimum atomic E-state index is -0.304. The van der Waals surface area contributed by atoms with Crippen LogP contribution in [0.15, 0.2) is 55.1 Å². The van der Waals surface area contributed by atoms with Gasteiger partial charge in [-0.05, 0) is 29.3 Å². The summed E-state index contributed by atoms with van der Waals surface area (Å²) in [4.78, 5) is 0. The quantitative estimate of drug-likeness (QED) is 0.759. The fourth-order valence-electron chi connectivity index (χ4n) is 1.58. The molecule has 0 spiro atoms. The lowest BCUT2D eigenvalue weighted by Gasteiger charge is -2.09.